The Balaban J connectivity index is 1.53. The molecular formula is C23H22N4O4S2. The number of benzene rings is 1. The van der Waals surface area contributed by atoms with Gasteiger partial charge in [0, 0.05) is 10.4 Å². The van der Waals surface area contributed by atoms with E-state index < -0.39 is 5.97 Å². The number of nitrogens with zero attached hydrogens (tertiary/aromatic N) is 3. The first-order valence-electron chi connectivity index (χ1n) is 10.1. The van der Waals surface area contributed by atoms with Gasteiger partial charge in [0.05, 0.1) is 31.2 Å². The van der Waals surface area contributed by atoms with Crippen molar-refractivity contribution in [2.75, 3.05) is 18.2 Å². The first kappa shape index (κ1) is 22.8. The zero-order chi connectivity index (χ0) is 23.4. The van der Waals surface area contributed by atoms with Crippen LogP contribution in [-0.2, 0) is 16.1 Å². The summed E-state index contributed by atoms with van der Waals surface area (Å²) in [6, 6.07) is 13.4. The molecule has 0 aliphatic rings. The number of furan rings is 1. The predicted octanol–water partition coefficient (Wildman–Crippen LogP) is 4.78. The minimum Gasteiger partial charge on any atom is -0.467 e. The van der Waals surface area contributed by atoms with E-state index in [2.05, 4.69) is 15.5 Å². The maximum Gasteiger partial charge on any atom is 0.341 e. The molecule has 170 valence electrons. The topological polar surface area (TPSA) is 99.2 Å². The lowest BCUT2D eigenvalue weighted by Gasteiger charge is -2.09. The average molecular weight is 483 g/mol. The van der Waals surface area contributed by atoms with Crippen LogP contribution < -0.4 is 5.32 Å². The smallest absolute Gasteiger partial charge is 0.341 e. The van der Waals surface area contributed by atoms with Gasteiger partial charge in [-0.3, -0.25) is 9.36 Å². The highest BCUT2D eigenvalue weighted by atomic mass is 32.2. The number of carbonyl (C=O) groups excluding carboxylic acids is 2. The third kappa shape index (κ3) is 5.01. The molecule has 0 bridgehead atoms. The molecule has 33 heavy (non-hydrogen) atoms. The highest BCUT2D eigenvalue weighted by Crippen LogP contribution is 2.33. The van der Waals surface area contributed by atoms with Crippen LogP contribution in [0.5, 0.6) is 0 Å². The molecule has 1 N–H and O–H groups in total. The maximum absolute atomic E-state index is 12.7. The Morgan fingerprint density at radius 1 is 1.15 bits per heavy atom. The minimum absolute atomic E-state index is 0.0989. The molecular weight excluding hydrogens is 460 g/mol. The van der Waals surface area contributed by atoms with Crippen LogP contribution in [0, 0.1) is 13.8 Å². The van der Waals surface area contributed by atoms with Crippen molar-refractivity contribution in [2.24, 2.45) is 0 Å². The zero-order valence-corrected chi connectivity index (χ0v) is 20.0. The standard InChI is InChI=1S/C23H22N4O4S2/c1-14-15(2)33-21(19(14)22(29)30-3)24-18(28)13-32-23-26-25-20(16-8-5-4-6-9-16)27(23)12-17-10-7-11-31-17/h4-11H,12-13H2,1-3H3,(H,24,28). The average Bonchev–Trinajstić information content (AvgIpc) is 3.54. The van der Waals surface area contributed by atoms with Crippen LogP contribution in [0.1, 0.15) is 26.6 Å². The molecule has 1 amide bonds. The Kier molecular flexibility index (Phi) is 6.95. The fraction of sp³-hybridized carbons (Fsp3) is 0.217. The summed E-state index contributed by atoms with van der Waals surface area (Å²) in [6.45, 7) is 4.17. The third-order valence-electron chi connectivity index (χ3n) is 5.00. The summed E-state index contributed by atoms with van der Waals surface area (Å²) in [7, 11) is 1.33. The van der Waals surface area contributed by atoms with E-state index in [4.69, 9.17) is 9.15 Å². The number of carbonyl (C=O) groups is 2. The Hall–Kier alpha value is -3.37. The molecule has 4 aromatic rings. The Labute approximate surface area is 199 Å². The number of rotatable bonds is 8. The van der Waals surface area contributed by atoms with Crippen LogP contribution in [0.4, 0.5) is 5.00 Å². The molecule has 4 rings (SSSR count). The van der Waals surface area contributed by atoms with Crippen LogP contribution in [0.25, 0.3) is 11.4 Å². The molecule has 0 fully saturated rings. The fourth-order valence-electron chi connectivity index (χ4n) is 3.25. The second-order valence-electron chi connectivity index (χ2n) is 7.15. The van der Waals surface area contributed by atoms with Crippen molar-refractivity contribution in [1.29, 1.82) is 0 Å². The van der Waals surface area contributed by atoms with Crippen LogP contribution in [-0.4, -0.2) is 39.5 Å². The number of anilines is 1. The van der Waals surface area contributed by atoms with Gasteiger partial charge in [-0.2, -0.15) is 0 Å². The summed E-state index contributed by atoms with van der Waals surface area (Å²) in [6.07, 6.45) is 1.62. The molecule has 10 heteroatoms. The van der Waals surface area contributed by atoms with E-state index in [9.17, 15) is 9.59 Å². The van der Waals surface area contributed by atoms with Gasteiger partial charge >= 0.3 is 5.97 Å². The van der Waals surface area contributed by atoms with Crippen molar-refractivity contribution < 1.29 is 18.7 Å². The van der Waals surface area contributed by atoms with Gasteiger partial charge in [-0.15, -0.1) is 21.5 Å². The molecule has 0 unspecified atom stereocenters. The lowest BCUT2D eigenvalue weighted by molar-refractivity contribution is -0.113. The molecule has 0 spiro atoms. The number of ether oxygens (including phenoxy) is 1. The van der Waals surface area contributed by atoms with Crippen molar-refractivity contribution in [3.63, 3.8) is 0 Å². The van der Waals surface area contributed by atoms with Crippen molar-refractivity contribution in [3.05, 3.63) is 70.5 Å². The molecule has 0 saturated heterocycles. The third-order valence-corrected chi connectivity index (χ3v) is 7.09. The first-order chi connectivity index (χ1) is 16.0. The lowest BCUT2D eigenvalue weighted by Crippen LogP contribution is -2.16. The number of aryl methyl sites for hydroxylation is 1. The maximum atomic E-state index is 12.7. The highest BCUT2D eigenvalue weighted by molar-refractivity contribution is 7.99. The molecule has 0 radical (unpaired) electrons. The van der Waals surface area contributed by atoms with Crippen molar-refractivity contribution >= 4 is 40.0 Å². The Bertz CT molecular complexity index is 1260. The number of methoxy groups -OCH3 is 1. The Morgan fingerprint density at radius 2 is 1.94 bits per heavy atom. The van der Waals surface area contributed by atoms with Gasteiger partial charge in [-0.05, 0) is 31.5 Å². The van der Waals surface area contributed by atoms with Crippen LogP contribution in [0.2, 0.25) is 0 Å². The predicted molar refractivity (Wildman–Crippen MR) is 128 cm³/mol. The quantitative estimate of drug-likeness (QED) is 0.285. The zero-order valence-electron chi connectivity index (χ0n) is 18.3. The van der Waals surface area contributed by atoms with E-state index in [1.54, 1.807) is 6.26 Å². The molecule has 8 nitrogen and oxygen atoms in total. The first-order valence-corrected chi connectivity index (χ1v) is 11.9. The largest absolute Gasteiger partial charge is 0.467 e. The molecule has 0 saturated carbocycles. The van der Waals surface area contributed by atoms with Gasteiger partial charge in [0.15, 0.2) is 11.0 Å². The summed E-state index contributed by atoms with van der Waals surface area (Å²) < 4.78 is 12.3. The number of esters is 1. The number of nitrogens with one attached hydrogen (secondary N) is 1. The van der Waals surface area contributed by atoms with Gasteiger partial charge in [0.2, 0.25) is 5.91 Å². The SMILES string of the molecule is COC(=O)c1c(NC(=O)CSc2nnc(-c3ccccc3)n2Cc2ccco2)sc(C)c1C. The minimum atomic E-state index is -0.467. The normalized spacial score (nSPS) is 10.9. The van der Waals surface area contributed by atoms with Crippen molar-refractivity contribution in [1.82, 2.24) is 14.8 Å². The van der Waals surface area contributed by atoms with Gasteiger partial charge in [0.25, 0.3) is 0 Å². The monoisotopic (exact) mass is 482 g/mol. The van der Waals surface area contributed by atoms with Crippen LogP contribution in [0.3, 0.4) is 0 Å². The number of aromatic nitrogens is 3. The number of amides is 1. The second-order valence-corrected chi connectivity index (χ2v) is 9.32. The number of thiophene rings is 1. The molecule has 0 aliphatic carbocycles. The van der Waals surface area contributed by atoms with E-state index in [0.29, 0.717) is 28.1 Å². The Morgan fingerprint density at radius 3 is 2.64 bits per heavy atom. The van der Waals surface area contributed by atoms with Crippen molar-refractivity contribution in [3.8, 4) is 11.4 Å². The van der Waals surface area contributed by atoms with Crippen molar-refractivity contribution in [2.45, 2.75) is 25.5 Å². The molecule has 1 aromatic carbocycles. The summed E-state index contributed by atoms with van der Waals surface area (Å²) in [5.41, 5.74) is 2.12. The number of hydrogen-bond acceptors (Lipinski definition) is 8. The molecule has 0 aliphatic heterocycles. The van der Waals surface area contributed by atoms with Gasteiger partial charge < -0.3 is 14.5 Å². The van der Waals surface area contributed by atoms with E-state index in [1.165, 1.54) is 30.2 Å². The second kappa shape index (κ2) is 10.1. The van der Waals surface area contributed by atoms with Gasteiger partial charge in [-0.1, -0.05) is 42.1 Å². The summed E-state index contributed by atoms with van der Waals surface area (Å²) in [5, 5.41) is 12.6. The van der Waals surface area contributed by atoms with Crippen LogP contribution >= 0.6 is 23.1 Å². The summed E-state index contributed by atoms with van der Waals surface area (Å²) in [4.78, 5) is 25.8. The van der Waals surface area contributed by atoms with E-state index in [0.717, 1.165) is 21.8 Å². The van der Waals surface area contributed by atoms with Gasteiger partial charge in [0.1, 0.15) is 10.8 Å². The molecule has 0 atom stereocenters. The number of thioether (sulfide) groups is 1. The van der Waals surface area contributed by atoms with Gasteiger partial charge in [-0.25, -0.2) is 4.79 Å². The number of hydrogen-bond donors (Lipinski definition) is 1. The fourth-order valence-corrected chi connectivity index (χ4v) is 5.06. The summed E-state index contributed by atoms with van der Waals surface area (Å²) in [5.74, 6) is 0.824. The molecule has 3 heterocycles. The summed E-state index contributed by atoms with van der Waals surface area (Å²) >= 11 is 2.62. The molecule has 3 aromatic heterocycles. The lowest BCUT2D eigenvalue weighted by atomic mass is 10.1. The van der Waals surface area contributed by atoms with E-state index in [-0.39, 0.29) is 11.7 Å². The van der Waals surface area contributed by atoms with Crippen LogP contribution in [0.15, 0.2) is 58.3 Å². The van der Waals surface area contributed by atoms with E-state index >= 15 is 0 Å². The van der Waals surface area contributed by atoms with E-state index in [1.807, 2.05) is 60.9 Å². The highest BCUT2D eigenvalue weighted by Gasteiger charge is 2.22.